The lowest BCUT2D eigenvalue weighted by molar-refractivity contribution is -0.370. The minimum Gasteiger partial charge on any atom is -0.330 e. The highest BCUT2D eigenvalue weighted by molar-refractivity contribution is 4.89. The van der Waals surface area contributed by atoms with Crippen LogP contribution in [0.1, 0.15) is 26.2 Å². The number of hydrogen-bond donors (Lipinski definition) is 0. The highest BCUT2D eigenvalue weighted by Gasteiger charge is 2.39. The smallest absolute Gasteiger partial charge is 0.298 e. The first-order chi connectivity index (χ1) is 9.70. The predicted octanol–water partition coefficient (Wildman–Crippen LogP) is 2.99. The number of ether oxygens (including phenoxy) is 3. The molecule has 0 saturated carbocycles. The van der Waals surface area contributed by atoms with E-state index in [4.69, 9.17) is 19.5 Å². The van der Waals surface area contributed by atoms with Gasteiger partial charge >= 0.3 is 0 Å². The first kappa shape index (κ1) is 18.5. The largest absolute Gasteiger partial charge is 0.330 e. The molecule has 0 aliphatic heterocycles. The van der Waals surface area contributed by atoms with Crippen LogP contribution >= 0.6 is 0 Å². The first-order valence-electron chi connectivity index (χ1n) is 6.60. The van der Waals surface area contributed by atoms with E-state index in [0.717, 1.165) is 12.8 Å². The van der Waals surface area contributed by atoms with Gasteiger partial charge in [-0.1, -0.05) is 25.8 Å². The van der Waals surface area contributed by atoms with Crippen LogP contribution in [-0.4, -0.2) is 32.3 Å². The molecule has 0 aromatic carbocycles. The van der Waals surface area contributed by atoms with E-state index in [9.17, 15) is 0 Å². The zero-order chi connectivity index (χ0) is 15.3. The van der Waals surface area contributed by atoms with Crippen molar-refractivity contribution in [3.8, 4) is 6.07 Å². The van der Waals surface area contributed by atoms with Crippen LogP contribution in [0.25, 0.3) is 0 Å². The third kappa shape index (κ3) is 6.11. The normalized spacial score (nSPS) is 11.9. The lowest BCUT2D eigenvalue weighted by atomic mass is 10.0. The molecule has 1 unspecified atom stereocenters. The molecule has 1 atom stereocenters. The number of nitrogens with zero attached hydrogens (tertiary/aromatic N) is 2. The van der Waals surface area contributed by atoms with E-state index in [0.29, 0.717) is 6.42 Å². The van der Waals surface area contributed by atoms with Crippen LogP contribution in [0.4, 0.5) is 0 Å². The summed E-state index contributed by atoms with van der Waals surface area (Å²) in [6, 6.07) is 7.87. The fourth-order valence-corrected chi connectivity index (χ4v) is 1.72. The molecule has 0 aliphatic carbocycles. The van der Waals surface area contributed by atoms with Crippen molar-refractivity contribution in [2.45, 2.75) is 32.2 Å². The molecule has 0 N–H and O–H groups in total. The summed E-state index contributed by atoms with van der Waals surface area (Å²) >= 11 is 0. The van der Waals surface area contributed by atoms with Crippen LogP contribution in [0.5, 0.6) is 0 Å². The Bertz CT molecular complexity index is 326. The van der Waals surface area contributed by atoms with Gasteiger partial charge in [0, 0.05) is 33.7 Å². The lowest BCUT2D eigenvalue weighted by Crippen LogP contribution is -2.43. The number of unbranched alkanes of at least 4 members (excludes halogenated alkanes) is 1. The van der Waals surface area contributed by atoms with Gasteiger partial charge in [0.25, 0.3) is 5.97 Å². The number of nitriles is 1. The number of hydrogen-bond acceptors (Lipinski definition) is 5. The number of rotatable bonds is 7. The maximum atomic E-state index is 8.99. The molecule has 0 fully saturated rings. The van der Waals surface area contributed by atoms with Crippen molar-refractivity contribution in [1.29, 1.82) is 5.26 Å². The van der Waals surface area contributed by atoms with Crippen LogP contribution in [0.3, 0.4) is 0 Å². The second kappa shape index (κ2) is 11.4. The van der Waals surface area contributed by atoms with Gasteiger partial charge in [0.05, 0.1) is 6.07 Å². The van der Waals surface area contributed by atoms with Crippen molar-refractivity contribution in [2.75, 3.05) is 21.3 Å². The van der Waals surface area contributed by atoms with Gasteiger partial charge in [-0.2, -0.15) is 5.26 Å². The van der Waals surface area contributed by atoms with Gasteiger partial charge in [-0.3, -0.25) is 4.98 Å². The third-order valence-corrected chi connectivity index (χ3v) is 2.85. The van der Waals surface area contributed by atoms with E-state index < -0.39 is 11.9 Å². The minimum atomic E-state index is -1.22. The minimum absolute atomic E-state index is 0.401. The molecule has 0 amide bonds. The molecule has 0 spiro atoms. The number of pyridine rings is 1. The summed E-state index contributed by atoms with van der Waals surface area (Å²) in [5, 5.41) is 8.99. The second-order valence-corrected chi connectivity index (χ2v) is 4.06. The maximum absolute atomic E-state index is 8.99. The molecule has 5 heteroatoms. The van der Waals surface area contributed by atoms with Gasteiger partial charge in [-0.15, -0.1) is 0 Å². The zero-order valence-electron chi connectivity index (χ0n) is 12.7. The van der Waals surface area contributed by atoms with E-state index in [-0.39, 0.29) is 0 Å². The van der Waals surface area contributed by atoms with Crippen molar-refractivity contribution in [3.05, 3.63) is 30.6 Å². The molecule has 1 aromatic heterocycles. The molecule has 0 bridgehead atoms. The summed E-state index contributed by atoms with van der Waals surface area (Å²) in [6.07, 6.45) is 6.20. The summed E-state index contributed by atoms with van der Waals surface area (Å²) < 4.78 is 15.4. The Labute approximate surface area is 121 Å². The Morgan fingerprint density at radius 1 is 1.10 bits per heavy atom. The molecule has 0 radical (unpaired) electrons. The topological polar surface area (TPSA) is 64.4 Å². The summed E-state index contributed by atoms with van der Waals surface area (Å²) in [7, 11) is 4.43. The van der Waals surface area contributed by atoms with Crippen molar-refractivity contribution in [2.24, 2.45) is 5.92 Å². The molecular formula is C15H24N2O3. The molecule has 1 aromatic rings. The van der Waals surface area contributed by atoms with E-state index in [1.807, 2.05) is 18.2 Å². The van der Waals surface area contributed by atoms with Crippen molar-refractivity contribution in [1.82, 2.24) is 4.98 Å². The van der Waals surface area contributed by atoms with Crippen LogP contribution in [0.15, 0.2) is 30.6 Å². The SMILES string of the molecule is CCCCC(C#N)C(OC)(OC)OC.c1ccncc1. The Kier molecular flexibility index (Phi) is 10.5. The molecule has 20 heavy (non-hydrogen) atoms. The van der Waals surface area contributed by atoms with Gasteiger partial charge in [0.15, 0.2) is 0 Å². The monoisotopic (exact) mass is 280 g/mol. The van der Waals surface area contributed by atoms with Gasteiger partial charge in [0.1, 0.15) is 5.92 Å². The second-order valence-electron chi connectivity index (χ2n) is 4.06. The standard InChI is InChI=1S/C10H19NO3.C5H5N/c1-5-6-7-9(8-11)10(12-2,13-3)14-4;1-2-4-6-5-3-1/h9H,5-7H2,1-4H3;1-5H. The number of methoxy groups -OCH3 is 3. The van der Waals surface area contributed by atoms with Crippen LogP contribution in [-0.2, 0) is 14.2 Å². The maximum Gasteiger partial charge on any atom is 0.298 e. The molecule has 1 heterocycles. The van der Waals surface area contributed by atoms with E-state index in [1.165, 1.54) is 21.3 Å². The quantitative estimate of drug-likeness (QED) is 0.718. The molecule has 5 nitrogen and oxygen atoms in total. The van der Waals surface area contributed by atoms with Crippen molar-refractivity contribution < 1.29 is 14.2 Å². The fourth-order valence-electron chi connectivity index (χ4n) is 1.72. The highest BCUT2D eigenvalue weighted by atomic mass is 16.9. The van der Waals surface area contributed by atoms with Crippen molar-refractivity contribution >= 4 is 0 Å². The third-order valence-electron chi connectivity index (χ3n) is 2.85. The average Bonchev–Trinajstić information content (AvgIpc) is 2.54. The predicted molar refractivity (Wildman–Crippen MR) is 76.6 cm³/mol. The highest BCUT2D eigenvalue weighted by Crippen LogP contribution is 2.27. The van der Waals surface area contributed by atoms with Crippen LogP contribution in [0, 0.1) is 17.2 Å². The summed E-state index contributed by atoms with van der Waals surface area (Å²) in [4.78, 5) is 3.78. The first-order valence-corrected chi connectivity index (χ1v) is 6.60. The molecular weight excluding hydrogens is 256 g/mol. The average molecular weight is 280 g/mol. The van der Waals surface area contributed by atoms with Crippen LogP contribution in [0.2, 0.25) is 0 Å². The Balaban J connectivity index is 0.000000493. The molecule has 112 valence electrons. The van der Waals surface area contributed by atoms with E-state index >= 15 is 0 Å². The Morgan fingerprint density at radius 3 is 1.90 bits per heavy atom. The van der Waals surface area contributed by atoms with Gasteiger partial charge in [-0.05, 0) is 18.6 Å². The van der Waals surface area contributed by atoms with Gasteiger partial charge in [0.2, 0.25) is 0 Å². The molecule has 1 rings (SSSR count). The molecule has 0 aliphatic rings. The van der Waals surface area contributed by atoms with Crippen molar-refractivity contribution in [3.63, 3.8) is 0 Å². The Morgan fingerprint density at radius 2 is 1.65 bits per heavy atom. The summed E-state index contributed by atoms with van der Waals surface area (Å²) in [5.41, 5.74) is 0. The fraction of sp³-hybridized carbons (Fsp3) is 0.600. The van der Waals surface area contributed by atoms with E-state index in [2.05, 4.69) is 18.0 Å². The van der Waals surface area contributed by atoms with Gasteiger partial charge < -0.3 is 14.2 Å². The lowest BCUT2D eigenvalue weighted by Gasteiger charge is -2.32. The van der Waals surface area contributed by atoms with E-state index in [1.54, 1.807) is 12.4 Å². The van der Waals surface area contributed by atoms with Crippen LogP contribution < -0.4 is 0 Å². The van der Waals surface area contributed by atoms with Gasteiger partial charge in [-0.25, -0.2) is 0 Å². The Hall–Kier alpha value is -1.48. The number of aromatic nitrogens is 1. The zero-order valence-corrected chi connectivity index (χ0v) is 12.7. The molecule has 0 saturated heterocycles. The summed E-state index contributed by atoms with van der Waals surface area (Å²) in [5.74, 6) is -1.62. The summed E-state index contributed by atoms with van der Waals surface area (Å²) in [6.45, 7) is 2.07.